The van der Waals surface area contributed by atoms with Gasteiger partial charge in [0.1, 0.15) is 29.3 Å². The number of thioether (sulfide) groups is 2. The quantitative estimate of drug-likeness (QED) is 0.131. The fourth-order valence-electron chi connectivity index (χ4n) is 5.46. The van der Waals surface area contributed by atoms with Crippen LogP contribution in [0.3, 0.4) is 0 Å². The summed E-state index contributed by atoms with van der Waals surface area (Å²) in [6.07, 6.45) is 10.8. The van der Waals surface area contributed by atoms with Gasteiger partial charge in [-0.2, -0.15) is 0 Å². The average Bonchev–Trinajstić information content (AvgIpc) is 3.10. The van der Waals surface area contributed by atoms with Crippen LogP contribution in [0.15, 0.2) is 76.9 Å². The number of amides is 3. The number of piperidine rings is 1. The smallest absolute Gasteiger partial charge is 0.415 e. The maximum Gasteiger partial charge on any atom is 0.452 e. The van der Waals surface area contributed by atoms with E-state index < -0.39 is 42.7 Å². The number of aromatic nitrogens is 2. The molecule has 1 aliphatic rings. The Kier molecular flexibility index (Phi) is 13.6. The largest absolute Gasteiger partial charge is 0.452 e. The first-order chi connectivity index (χ1) is 23.4. The molecule has 3 amide bonds. The average molecular weight is 728 g/mol. The maximum absolute atomic E-state index is 14.9. The first kappa shape index (κ1) is 38.3. The molecule has 3 atom stereocenters. The van der Waals surface area contributed by atoms with Gasteiger partial charge in [-0.25, -0.2) is 9.55 Å². The lowest BCUT2D eigenvalue weighted by atomic mass is 9.84. The number of nitrogens with zero attached hydrogens (tertiary/aromatic N) is 3. The van der Waals surface area contributed by atoms with E-state index in [1.54, 1.807) is 47.8 Å². The molecule has 0 unspecified atom stereocenters. The first-order valence-corrected chi connectivity index (χ1v) is 20.4. The molecule has 3 aromatic rings. The summed E-state index contributed by atoms with van der Waals surface area (Å²) in [6.45, 7) is 7.81. The minimum absolute atomic E-state index is 0.0850. The van der Waals surface area contributed by atoms with Crippen LogP contribution in [0.25, 0.3) is 0 Å². The van der Waals surface area contributed by atoms with E-state index in [4.69, 9.17) is 9.05 Å². The van der Waals surface area contributed by atoms with E-state index in [-0.39, 0.29) is 11.6 Å². The molecule has 1 saturated heterocycles. The molecule has 11 nitrogen and oxygen atoms in total. The molecule has 0 aliphatic carbocycles. The minimum atomic E-state index is -4.10. The third-order valence-electron chi connectivity index (χ3n) is 8.11. The number of hydrogen-bond acceptors (Lipinski definition) is 10. The summed E-state index contributed by atoms with van der Waals surface area (Å²) in [7, 11) is -4.10. The van der Waals surface area contributed by atoms with E-state index in [9.17, 15) is 18.9 Å². The van der Waals surface area contributed by atoms with Gasteiger partial charge in [0.15, 0.2) is 5.78 Å². The summed E-state index contributed by atoms with van der Waals surface area (Å²) in [5.41, 5.74) is -0.602. The van der Waals surface area contributed by atoms with E-state index in [0.29, 0.717) is 43.7 Å². The van der Waals surface area contributed by atoms with Crippen molar-refractivity contribution in [2.75, 3.05) is 19.1 Å². The summed E-state index contributed by atoms with van der Waals surface area (Å²) in [5.74, 6) is -1.69. The predicted molar refractivity (Wildman–Crippen MR) is 194 cm³/mol. The van der Waals surface area contributed by atoms with Crippen molar-refractivity contribution in [1.29, 1.82) is 0 Å². The Balaban J connectivity index is 1.62. The molecule has 0 spiro atoms. The SMILES string of the molecule is CCC[C@H](NC(=O)[C@@H]1CCCCN1C(=O)[C@@H](NC(=O)c1cnccn1)C(C)(C)C)P(=O)(Oc1ccc(SC)cc1)Oc1ccc(SC)cc1. The van der Waals surface area contributed by atoms with Crippen molar-refractivity contribution in [3.63, 3.8) is 0 Å². The number of nitrogens with one attached hydrogen (secondary N) is 2. The lowest BCUT2D eigenvalue weighted by molar-refractivity contribution is -0.145. The Morgan fingerprint density at radius 1 is 0.939 bits per heavy atom. The molecule has 2 aromatic carbocycles. The molecule has 1 fully saturated rings. The van der Waals surface area contributed by atoms with Crippen LogP contribution in [0, 0.1) is 5.41 Å². The Morgan fingerprint density at radius 3 is 2.02 bits per heavy atom. The predicted octanol–water partition coefficient (Wildman–Crippen LogP) is 7.04. The molecular weight excluding hydrogens is 682 g/mol. The monoisotopic (exact) mass is 727 g/mol. The second-order valence-electron chi connectivity index (χ2n) is 12.8. The fourth-order valence-corrected chi connectivity index (χ4v) is 8.26. The van der Waals surface area contributed by atoms with Crippen molar-refractivity contribution in [1.82, 2.24) is 25.5 Å². The molecular formula is C35H46N5O6PS2. The second-order valence-corrected chi connectivity index (χ2v) is 16.6. The third kappa shape index (κ3) is 10.2. The van der Waals surface area contributed by atoms with Crippen LogP contribution < -0.4 is 19.7 Å². The summed E-state index contributed by atoms with van der Waals surface area (Å²) in [6, 6.07) is 12.6. The molecule has 4 rings (SSSR count). The van der Waals surface area contributed by atoms with Gasteiger partial charge in [-0.15, -0.1) is 23.5 Å². The molecule has 1 aromatic heterocycles. The van der Waals surface area contributed by atoms with Gasteiger partial charge in [0.05, 0.1) is 6.20 Å². The maximum atomic E-state index is 14.9. The zero-order valence-corrected chi connectivity index (χ0v) is 31.4. The molecule has 2 heterocycles. The van der Waals surface area contributed by atoms with Gasteiger partial charge in [-0.1, -0.05) is 34.1 Å². The highest BCUT2D eigenvalue weighted by molar-refractivity contribution is 7.98. The molecule has 14 heteroatoms. The minimum Gasteiger partial charge on any atom is -0.415 e. The number of hydrogen-bond donors (Lipinski definition) is 2. The van der Waals surface area contributed by atoms with Crippen molar-refractivity contribution in [2.45, 2.75) is 87.5 Å². The van der Waals surface area contributed by atoms with E-state index in [1.807, 2.05) is 64.5 Å². The van der Waals surface area contributed by atoms with Gasteiger partial charge in [0, 0.05) is 28.7 Å². The van der Waals surface area contributed by atoms with Gasteiger partial charge in [0.25, 0.3) is 5.91 Å². The molecule has 1 aliphatic heterocycles. The molecule has 0 saturated carbocycles. The highest BCUT2D eigenvalue weighted by Crippen LogP contribution is 2.53. The van der Waals surface area contributed by atoms with Crippen molar-refractivity contribution in [3.05, 3.63) is 72.8 Å². The van der Waals surface area contributed by atoms with Gasteiger partial charge in [0.2, 0.25) is 11.8 Å². The lowest BCUT2D eigenvalue weighted by Crippen LogP contribution is -2.61. The summed E-state index contributed by atoms with van der Waals surface area (Å²) in [5, 5.41) is 5.82. The van der Waals surface area contributed by atoms with Crippen LogP contribution in [0.1, 0.15) is 70.3 Å². The van der Waals surface area contributed by atoms with E-state index in [1.165, 1.54) is 23.5 Å². The normalized spacial score (nSPS) is 16.3. The topological polar surface area (TPSA) is 140 Å². The van der Waals surface area contributed by atoms with Crippen LogP contribution >= 0.6 is 31.1 Å². The molecule has 0 radical (unpaired) electrons. The van der Waals surface area contributed by atoms with E-state index >= 15 is 0 Å². The summed E-state index contributed by atoms with van der Waals surface area (Å²) in [4.78, 5) is 53.0. The molecule has 0 bridgehead atoms. The Hall–Kier alpha value is -3.54. The first-order valence-electron chi connectivity index (χ1n) is 16.3. The lowest BCUT2D eigenvalue weighted by Gasteiger charge is -2.40. The highest BCUT2D eigenvalue weighted by atomic mass is 32.2. The van der Waals surface area contributed by atoms with Crippen LogP contribution in [-0.2, 0) is 14.2 Å². The van der Waals surface area contributed by atoms with E-state index in [0.717, 1.165) is 16.2 Å². The Bertz CT molecular complexity index is 1550. The molecule has 2 N–H and O–H groups in total. The summed E-state index contributed by atoms with van der Waals surface area (Å²) >= 11 is 3.14. The van der Waals surface area contributed by atoms with Crippen molar-refractivity contribution in [3.8, 4) is 11.5 Å². The fraction of sp³-hybridized carbons (Fsp3) is 0.457. The van der Waals surface area contributed by atoms with Gasteiger partial charge in [-0.05, 0) is 92.1 Å². The number of benzene rings is 2. The van der Waals surface area contributed by atoms with E-state index in [2.05, 4.69) is 20.6 Å². The standard InChI is InChI=1S/C35H46N5O6PS2/c1-7-10-30(47(44,45-24-12-16-26(48-5)17-13-24)46-25-14-18-27(49-6)19-15-25)38-33(42)29-11-8-9-22-40(29)34(43)31(35(2,3)4)39-32(41)28-23-36-20-21-37-28/h12-21,23,29-31H,7-11,22H2,1-6H3,(H,38,42)(H,39,41)/t29-,30+,31+/m0/s1. The number of rotatable bonds is 14. The second kappa shape index (κ2) is 17.4. The molecule has 264 valence electrons. The van der Waals surface area contributed by atoms with Gasteiger partial charge in [-0.3, -0.25) is 19.4 Å². The molecule has 49 heavy (non-hydrogen) atoms. The third-order valence-corrected chi connectivity index (χ3v) is 11.7. The van der Waals surface area contributed by atoms with Gasteiger partial charge < -0.3 is 24.6 Å². The Morgan fingerprint density at radius 2 is 1.53 bits per heavy atom. The van der Waals surface area contributed by atoms with Gasteiger partial charge >= 0.3 is 7.60 Å². The van der Waals surface area contributed by atoms with Crippen LogP contribution in [0.4, 0.5) is 0 Å². The van der Waals surface area contributed by atoms with Crippen LogP contribution in [0.2, 0.25) is 0 Å². The zero-order chi connectivity index (χ0) is 35.6. The zero-order valence-electron chi connectivity index (χ0n) is 28.9. The van der Waals surface area contributed by atoms with Crippen LogP contribution in [-0.4, -0.2) is 69.5 Å². The van der Waals surface area contributed by atoms with Crippen LogP contribution in [0.5, 0.6) is 11.5 Å². The number of carbonyl (C=O) groups excluding carboxylic acids is 3. The Labute approximate surface area is 297 Å². The highest BCUT2D eigenvalue weighted by Gasteiger charge is 2.45. The number of carbonyl (C=O) groups is 3. The number of likely N-dealkylation sites (tertiary alicyclic amines) is 1. The van der Waals surface area contributed by atoms with Crippen molar-refractivity contribution < 1.29 is 28.0 Å². The van der Waals surface area contributed by atoms with Crippen molar-refractivity contribution >= 4 is 48.8 Å². The summed E-state index contributed by atoms with van der Waals surface area (Å²) < 4.78 is 27.2. The van der Waals surface area contributed by atoms with Crippen molar-refractivity contribution in [2.24, 2.45) is 5.41 Å².